The number of benzene rings is 2. The highest BCUT2D eigenvalue weighted by atomic mass is 32.1. The second kappa shape index (κ2) is 8.55. The van der Waals surface area contributed by atoms with Gasteiger partial charge in [-0.2, -0.15) is 0 Å². The van der Waals surface area contributed by atoms with Gasteiger partial charge < -0.3 is 10.1 Å². The molecule has 1 saturated heterocycles. The van der Waals surface area contributed by atoms with Crippen LogP contribution in [0.2, 0.25) is 0 Å². The monoisotopic (exact) mass is 380 g/mol. The molecule has 4 rings (SSSR count). The van der Waals surface area contributed by atoms with Crippen LogP contribution >= 0.6 is 11.3 Å². The van der Waals surface area contributed by atoms with Crippen LogP contribution in [-0.2, 0) is 4.79 Å². The third-order valence-corrected chi connectivity index (χ3v) is 6.01. The molecule has 1 fully saturated rings. The van der Waals surface area contributed by atoms with Crippen LogP contribution in [0.4, 0.5) is 0 Å². The molecule has 140 valence electrons. The summed E-state index contributed by atoms with van der Waals surface area (Å²) in [6, 6.07) is 18.5. The first-order valence-corrected chi connectivity index (χ1v) is 10.3. The number of amides is 1. The molecule has 0 radical (unpaired) electrons. The lowest BCUT2D eigenvalue weighted by molar-refractivity contribution is -0.123. The smallest absolute Gasteiger partial charge is 0.258 e. The van der Waals surface area contributed by atoms with Crippen LogP contribution in [0.3, 0.4) is 0 Å². The lowest BCUT2D eigenvalue weighted by Crippen LogP contribution is -2.38. The van der Waals surface area contributed by atoms with E-state index >= 15 is 0 Å². The predicted molar refractivity (Wildman–Crippen MR) is 110 cm³/mol. The molecule has 0 aliphatic carbocycles. The summed E-state index contributed by atoms with van der Waals surface area (Å²) in [5.41, 5.74) is 0. The molecule has 3 aromatic rings. The Morgan fingerprint density at radius 1 is 1.07 bits per heavy atom. The topological polar surface area (TPSA) is 41.6 Å². The van der Waals surface area contributed by atoms with Gasteiger partial charge in [0.05, 0.1) is 6.04 Å². The van der Waals surface area contributed by atoms with Gasteiger partial charge in [-0.25, -0.2) is 0 Å². The van der Waals surface area contributed by atoms with E-state index < -0.39 is 0 Å². The maximum absolute atomic E-state index is 12.3. The Kier molecular flexibility index (Phi) is 5.70. The Morgan fingerprint density at radius 3 is 2.67 bits per heavy atom. The molecule has 1 aliphatic rings. The minimum atomic E-state index is -0.0797. The number of carbonyl (C=O) groups excluding carboxylic acids is 1. The van der Waals surface area contributed by atoms with Crippen molar-refractivity contribution in [1.29, 1.82) is 0 Å². The third-order valence-electron chi connectivity index (χ3n) is 5.04. The minimum Gasteiger partial charge on any atom is -0.484 e. The highest BCUT2D eigenvalue weighted by Gasteiger charge is 2.24. The van der Waals surface area contributed by atoms with Gasteiger partial charge in [-0.1, -0.05) is 36.4 Å². The predicted octanol–water partition coefficient (Wildman–Crippen LogP) is 4.23. The Labute approximate surface area is 163 Å². The van der Waals surface area contributed by atoms with E-state index in [0.717, 1.165) is 24.2 Å². The molecular weight excluding hydrogens is 356 g/mol. The van der Waals surface area contributed by atoms with Crippen LogP contribution in [0, 0.1) is 0 Å². The molecule has 4 nitrogen and oxygen atoms in total. The summed E-state index contributed by atoms with van der Waals surface area (Å²) in [4.78, 5) is 16.1. The zero-order valence-electron chi connectivity index (χ0n) is 15.3. The molecule has 0 unspecified atom stereocenters. The van der Waals surface area contributed by atoms with Crippen molar-refractivity contribution in [2.24, 2.45) is 0 Å². The van der Waals surface area contributed by atoms with E-state index in [9.17, 15) is 4.79 Å². The fraction of sp³-hybridized carbons (Fsp3) is 0.318. The number of carbonyl (C=O) groups is 1. The zero-order chi connectivity index (χ0) is 18.5. The van der Waals surface area contributed by atoms with Crippen molar-refractivity contribution in [2.45, 2.75) is 18.9 Å². The minimum absolute atomic E-state index is 0.0372. The summed E-state index contributed by atoms with van der Waals surface area (Å²) in [6.07, 6.45) is 2.47. The lowest BCUT2D eigenvalue weighted by Gasteiger charge is -2.26. The van der Waals surface area contributed by atoms with E-state index in [1.165, 1.54) is 23.1 Å². The SMILES string of the molecule is O=C(COc1ccc2ccccc2c1)NC[C@H](c1cccs1)N1CCCC1. The first-order chi connectivity index (χ1) is 13.3. The largest absolute Gasteiger partial charge is 0.484 e. The number of nitrogens with zero attached hydrogens (tertiary/aromatic N) is 1. The van der Waals surface area contributed by atoms with Gasteiger partial charge in [-0.15, -0.1) is 11.3 Å². The summed E-state index contributed by atoms with van der Waals surface area (Å²) in [6.45, 7) is 2.87. The summed E-state index contributed by atoms with van der Waals surface area (Å²) in [5.74, 6) is 0.641. The summed E-state index contributed by atoms with van der Waals surface area (Å²) >= 11 is 1.76. The Bertz CT molecular complexity index is 888. The number of likely N-dealkylation sites (tertiary alicyclic amines) is 1. The van der Waals surface area contributed by atoms with E-state index in [1.54, 1.807) is 11.3 Å². The quantitative estimate of drug-likeness (QED) is 0.667. The number of hydrogen-bond acceptors (Lipinski definition) is 4. The van der Waals surface area contributed by atoms with E-state index in [-0.39, 0.29) is 18.6 Å². The molecule has 2 heterocycles. The number of nitrogens with one attached hydrogen (secondary N) is 1. The molecule has 1 amide bonds. The summed E-state index contributed by atoms with van der Waals surface area (Å²) in [7, 11) is 0. The summed E-state index contributed by atoms with van der Waals surface area (Å²) in [5, 5.41) is 7.44. The number of hydrogen-bond donors (Lipinski definition) is 1. The molecule has 1 aliphatic heterocycles. The Hall–Kier alpha value is -2.37. The van der Waals surface area contributed by atoms with Crippen molar-refractivity contribution in [3.05, 3.63) is 64.9 Å². The fourth-order valence-corrected chi connectivity index (χ4v) is 4.47. The van der Waals surface area contributed by atoms with Crippen molar-refractivity contribution < 1.29 is 9.53 Å². The van der Waals surface area contributed by atoms with Crippen molar-refractivity contribution in [3.8, 4) is 5.75 Å². The van der Waals surface area contributed by atoms with Gasteiger partial charge in [0.2, 0.25) is 0 Å². The van der Waals surface area contributed by atoms with Gasteiger partial charge in [-0.05, 0) is 60.3 Å². The van der Waals surface area contributed by atoms with Crippen LogP contribution in [-0.4, -0.2) is 37.0 Å². The van der Waals surface area contributed by atoms with E-state index in [4.69, 9.17) is 4.74 Å². The van der Waals surface area contributed by atoms with Gasteiger partial charge in [0.25, 0.3) is 5.91 Å². The van der Waals surface area contributed by atoms with E-state index in [0.29, 0.717) is 6.54 Å². The first kappa shape index (κ1) is 18.0. The van der Waals surface area contributed by atoms with Gasteiger partial charge >= 0.3 is 0 Å². The number of rotatable bonds is 7. The van der Waals surface area contributed by atoms with Crippen molar-refractivity contribution in [3.63, 3.8) is 0 Å². The average Bonchev–Trinajstić information content (AvgIpc) is 3.41. The van der Waals surface area contributed by atoms with E-state index in [1.807, 2.05) is 36.4 Å². The molecule has 5 heteroatoms. The maximum atomic E-state index is 12.3. The number of fused-ring (bicyclic) bond motifs is 1. The normalized spacial score (nSPS) is 15.7. The average molecular weight is 381 g/mol. The van der Waals surface area contributed by atoms with Gasteiger partial charge in [-0.3, -0.25) is 9.69 Å². The Balaban J connectivity index is 1.32. The molecule has 0 spiro atoms. The van der Waals surface area contributed by atoms with Crippen molar-refractivity contribution in [1.82, 2.24) is 10.2 Å². The molecule has 0 saturated carbocycles. The molecular formula is C22H24N2O2S. The molecule has 1 aromatic heterocycles. The van der Waals surface area contributed by atoms with Crippen molar-refractivity contribution in [2.75, 3.05) is 26.2 Å². The molecule has 2 aromatic carbocycles. The molecule has 1 N–H and O–H groups in total. The van der Waals surface area contributed by atoms with E-state index in [2.05, 4.69) is 33.8 Å². The van der Waals surface area contributed by atoms with Crippen LogP contribution in [0.15, 0.2) is 60.0 Å². The molecule has 0 bridgehead atoms. The van der Waals surface area contributed by atoms with Crippen LogP contribution in [0.1, 0.15) is 23.8 Å². The maximum Gasteiger partial charge on any atom is 0.258 e. The fourth-order valence-electron chi connectivity index (χ4n) is 3.61. The second-order valence-corrected chi connectivity index (χ2v) is 7.86. The highest BCUT2D eigenvalue weighted by molar-refractivity contribution is 7.10. The highest BCUT2D eigenvalue weighted by Crippen LogP contribution is 2.27. The summed E-state index contributed by atoms with van der Waals surface area (Å²) < 4.78 is 5.70. The molecule has 1 atom stereocenters. The van der Waals surface area contributed by atoms with Gasteiger partial charge in [0.1, 0.15) is 5.75 Å². The lowest BCUT2D eigenvalue weighted by atomic mass is 10.1. The third kappa shape index (κ3) is 4.49. The van der Waals surface area contributed by atoms with Crippen LogP contribution in [0.25, 0.3) is 10.8 Å². The zero-order valence-corrected chi connectivity index (χ0v) is 16.1. The van der Waals surface area contributed by atoms with Crippen LogP contribution < -0.4 is 10.1 Å². The number of thiophene rings is 1. The van der Waals surface area contributed by atoms with Gasteiger partial charge in [0, 0.05) is 11.4 Å². The Morgan fingerprint density at radius 2 is 1.89 bits per heavy atom. The number of ether oxygens (including phenoxy) is 1. The van der Waals surface area contributed by atoms with Gasteiger partial charge in [0.15, 0.2) is 6.61 Å². The first-order valence-electron chi connectivity index (χ1n) is 9.45. The van der Waals surface area contributed by atoms with Crippen LogP contribution in [0.5, 0.6) is 5.75 Å². The second-order valence-electron chi connectivity index (χ2n) is 6.88. The molecule has 27 heavy (non-hydrogen) atoms. The van der Waals surface area contributed by atoms with Crippen molar-refractivity contribution >= 4 is 28.0 Å². The standard InChI is InChI=1S/C22H24N2O2S/c25-22(16-26-19-10-9-17-6-1-2-7-18(17)14-19)23-15-20(21-8-5-13-27-21)24-11-3-4-12-24/h1-2,5-10,13-14,20H,3-4,11-12,15-16H2,(H,23,25)/t20-/m1/s1.